The maximum Gasteiger partial charge on any atom is 0.0406 e. The monoisotopic (exact) mass is 282 g/mol. The van der Waals surface area contributed by atoms with Crippen molar-refractivity contribution in [1.82, 2.24) is 5.43 Å². The number of hydrogen-bond donors (Lipinski definition) is 2. The van der Waals surface area contributed by atoms with Crippen LogP contribution < -0.4 is 11.3 Å². The first-order chi connectivity index (χ1) is 8.80. The van der Waals surface area contributed by atoms with Gasteiger partial charge in [-0.1, -0.05) is 51.4 Å². The fraction of sp³-hybridized carbons (Fsp3) is 0.625. The minimum atomic E-state index is 0.318. The Kier molecular flexibility index (Phi) is 6.31. The standard InChI is InChI=1S/C16H27ClN2/c1-12(11-16(2,3)4)9-15(19-18)10-13-5-7-14(17)8-6-13/h5-8,12,15,19H,9-11,18H2,1-4H3. The average molecular weight is 283 g/mol. The van der Waals surface area contributed by atoms with Crippen molar-refractivity contribution in [3.63, 3.8) is 0 Å². The zero-order chi connectivity index (χ0) is 14.5. The van der Waals surface area contributed by atoms with Gasteiger partial charge < -0.3 is 0 Å². The average Bonchev–Trinajstić information content (AvgIpc) is 2.28. The molecular formula is C16H27ClN2. The molecule has 0 amide bonds. The van der Waals surface area contributed by atoms with Crippen molar-refractivity contribution in [2.75, 3.05) is 0 Å². The third-order valence-electron chi connectivity index (χ3n) is 3.28. The molecule has 1 rings (SSSR count). The Morgan fingerprint density at radius 2 is 1.79 bits per heavy atom. The molecule has 0 aliphatic rings. The molecule has 3 heteroatoms. The van der Waals surface area contributed by atoms with Crippen molar-refractivity contribution >= 4 is 11.6 Å². The summed E-state index contributed by atoms with van der Waals surface area (Å²) in [6.45, 7) is 9.16. The van der Waals surface area contributed by atoms with E-state index in [2.05, 4.69) is 45.3 Å². The summed E-state index contributed by atoms with van der Waals surface area (Å²) >= 11 is 5.90. The van der Waals surface area contributed by atoms with E-state index in [0.29, 0.717) is 17.4 Å². The first-order valence-corrected chi connectivity index (χ1v) is 7.38. The van der Waals surface area contributed by atoms with Gasteiger partial charge in [0.05, 0.1) is 0 Å². The van der Waals surface area contributed by atoms with Crippen molar-refractivity contribution in [3.8, 4) is 0 Å². The fourth-order valence-electron chi connectivity index (χ4n) is 2.73. The number of hydrazine groups is 1. The lowest BCUT2D eigenvalue weighted by molar-refractivity contribution is 0.274. The van der Waals surface area contributed by atoms with Crippen molar-refractivity contribution in [1.29, 1.82) is 0 Å². The van der Waals surface area contributed by atoms with E-state index in [9.17, 15) is 0 Å². The molecule has 0 spiro atoms. The second-order valence-corrected chi connectivity index (χ2v) is 7.24. The molecule has 108 valence electrons. The van der Waals surface area contributed by atoms with E-state index >= 15 is 0 Å². The molecule has 0 saturated carbocycles. The summed E-state index contributed by atoms with van der Waals surface area (Å²) in [5.74, 6) is 6.35. The molecule has 0 fully saturated rings. The smallest absolute Gasteiger partial charge is 0.0406 e. The van der Waals surface area contributed by atoms with Gasteiger partial charge in [-0.2, -0.15) is 0 Å². The summed E-state index contributed by atoms with van der Waals surface area (Å²) in [6, 6.07) is 8.33. The second-order valence-electron chi connectivity index (χ2n) is 6.80. The molecule has 0 saturated heterocycles. The Hall–Kier alpha value is -0.570. The number of benzene rings is 1. The normalized spacial score (nSPS) is 15.3. The first-order valence-electron chi connectivity index (χ1n) is 7.01. The van der Waals surface area contributed by atoms with E-state index < -0.39 is 0 Å². The van der Waals surface area contributed by atoms with Gasteiger partial charge in [0.2, 0.25) is 0 Å². The Balaban J connectivity index is 2.51. The second kappa shape index (κ2) is 7.28. The molecule has 2 atom stereocenters. The van der Waals surface area contributed by atoms with E-state index in [0.717, 1.165) is 17.9 Å². The fourth-order valence-corrected chi connectivity index (χ4v) is 2.86. The van der Waals surface area contributed by atoms with Crippen LogP contribution in [0.15, 0.2) is 24.3 Å². The number of hydrogen-bond acceptors (Lipinski definition) is 2. The van der Waals surface area contributed by atoms with Gasteiger partial charge in [0.25, 0.3) is 0 Å². The van der Waals surface area contributed by atoms with Gasteiger partial charge in [0, 0.05) is 11.1 Å². The molecule has 0 heterocycles. The summed E-state index contributed by atoms with van der Waals surface area (Å²) in [5, 5.41) is 0.780. The number of rotatable bonds is 6. The van der Waals surface area contributed by atoms with Crippen LogP contribution in [-0.4, -0.2) is 6.04 Å². The molecule has 3 N–H and O–H groups in total. The van der Waals surface area contributed by atoms with Crippen LogP contribution in [0.25, 0.3) is 0 Å². The van der Waals surface area contributed by atoms with Crippen LogP contribution in [0.2, 0.25) is 5.02 Å². The van der Waals surface area contributed by atoms with Gasteiger partial charge in [0.1, 0.15) is 0 Å². The van der Waals surface area contributed by atoms with Crippen molar-refractivity contribution in [2.45, 2.75) is 53.0 Å². The number of nitrogens with one attached hydrogen (secondary N) is 1. The zero-order valence-electron chi connectivity index (χ0n) is 12.5. The van der Waals surface area contributed by atoms with Crippen molar-refractivity contribution in [2.24, 2.45) is 17.2 Å². The van der Waals surface area contributed by atoms with Gasteiger partial charge in [0.15, 0.2) is 0 Å². The molecular weight excluding hydrogens is 256 g/mol. The summed E-state index contributed by atoms with van der Waals surface area (Å²) < 4.78 is 0. The molecule has 0 aliphatic carbocycles. The van der Waals surface area contributed by atoms with E-state index in [4.69, 9.17) is 17.4 Å². The lowest BCUT2D eigenvalue weighted by Crippen LogP contribution is -2.38. The Morgan fingerprint density at radius 1 is 1.21 bits per heavy atom. The molecule has 19 heavy (non-hydrogen) atoms. The first kappa shape index (κ1) is 16.5. The Labute approximate surface area is 122 Å². The Bertz CT molecular complexity index is 367. The maximum atomic E-state index is 5.90. The van der Waals surface area contributed by atoms with E-state index in [-0.39, 0.29) is 0 Å². The topological polar surface area (TPSA) is 38.0 Å². The highest BCUT2D eigenvalue weighted by atomic mass is 35.5. The highest BCUT2D eigenvalue weighted by Crippen LogP contribution is 2.27. The van der Waals surface area contributed by atoms with Crippen LogP contribution in [0.3, 0.4) is 0 Å². The minimum absolute atomic E-state index is 0.318. The molecule has 0 radical (unpaired) electrons. The SMILES string of the molecule is CC(CC(Cc1ccc(Cl)cc1)NN)CC(C)(C)C. The number of halogens is 1. The van der Waals surface area contributed by atoms with Crippen LogP contribution in [-0.2, 0) is 6.42 Å². The zero-order valence-corrected chi connectivity index (χ0v) is 13.3. The molecule has 2 unspecified atom stereocenters. The summed E-state index contributed by atoms with van der Waals surface area (Å²) in [5.41, 5.74) is 4.60. The van der Waals surface area contributed by atoms with Gasteiger partial charge in [-0.25, -0.2) is 0 Å². The predicted octanol–water partition coefficient (Wildman–Crippen LogP) is 4.18. The van der Waals surface area contributed by atoms with Crippen LogP contribution in [0.5, 0.6) is 0 Å². The maximum absolute atomic E-state index is 5.90. The predicted molar refractivity (Wildman–Crippen MR) is 84.1 cm³/mol. The van der Waals surface area contributed by atoms with E-state index in [1.807, 2.05) is 12.1 Å². The van der Waals surface area contributed by atoms with Gasteiger partial charge in [-0.05, 0) is 48.3 Å². The summed E-state index contributed by atoms with van der Waals surface area (Å²) in [6.07, 6.45) is 3.25. The molecule has 2 nitrogen and oxygen atoms in total. The lowest BCUT2D eigenvalue weighted by atomic mass is 9.82. The molecule has 1 aromatic rings. The highest BCUT2D eigenvalue weighted by molar-refractivity contribution is 6.30. The van der Waals surface area contributed by atoms with Crippen LogP contribution in [0.1, 0.15) is 46.1 Å². The Morgan fingerprint density at radius 3 is 2.26 bits per heavy atom. The van der Waals surface area contributed by atoms with Crippen LogP contribution in [0, 0.1) is 11.3 Å². The number of nitrogens with two attached hydrogens (primary N) is 1. The molecule has 0 bridgehead atoms. The quantitative estimate of drug-likeness (QED) is 0.607. The summed E-state index contributed by atoms with van der Waals surface area (Å²) in [4.78, 5) is 0. The van der Waals surface area contributed by atoms with E-state index in [1.165, 1.54) is 12.0 Å². The summed E-state index contributed by atoms with van der Waals surface area (Å²) in [7, 11) is 0. The van der Waals surface area contributed by atoms with E-state index in [1.54, 1.807) is 0 Å². The van der Waals surface area contributed by atoms with Crippen molar-refractivity contribution < 1.29 is 0 Å². The third-order valence-corrected chi connectivity index (χ3v) is 3.53. The van der Waals surface area contributed by atoms with Crippen LogP contribution >= 0.6 is 11.6 Å². The van der Waals surface area contributed by atoms with Gasteiger partial charge >= 0.3 is 0 Å². The third kappa shape index (κ3) is 6.95. The van der Waals surface area contributed by atoms with Gasteiger partial charge in [-0.3, -0.25) is 11.3 Å². The highest BCUT2D eigenvalue weighted by Gasteiger charge is 2.18. The lowest BCUT2D eigenvalue weighted by Gasteiger charge is -2.26. The van der Waals surface area contributed by atoms with Gasteiger partial charge in [-0.15, -0.1) is 0 Å². The van der Waals surface area contributed by atoms with Crippen LogP contribution in [0.4, 0.5) is 0 Å². The molecule has 0 aliphatic heterocycles. The van der Waals surface area contributed by atoms with Crippen molar-refractivity contribution in [3.05, 3.63) is 34.9 Å². The molecule has 0 aromatic heterocycles. The minimum Gasteiger partial charge on any atom is -0.271 e. The largest absolute Gasteiger partial charge is 0.271 e. The molecule has 1 aromatic carbocycles.